The van der Waals surface area contributed by atoms with Crippen LogP contribution in [0.3, 0.4) is 0 Å². The Kier molecular flexibility index (Phi) is 7.06. The van der Waals surface area contributed by atoms with Crippen LogP contribution in [0.1, 0.15) is 62.5 Å². The van der Waals surface area contributed by atoms with Crippen LogP contribution in [0.15, 0.2) is 70.9 Å². The van der Waals surface area contributed by atoms with E-state index in [0.717, 1.165) is 24.1 Å². The monoisotopic (exact) mass is 509 g/mol. The number of alkyl halides is 3. The lowest BCUT2D eigenvalue weighted by Gasteiger charge is -2.41. The molecule has 2 aromatic rings. The Hall–Kier alpha value is -3.22. The van der Waals surface area contributed by atoms with Gasteiger partial charge in [-0.2, -0.15) is 13.2 Å². The maximum Gasteiger partial charge on any atom is 0.393 e. The number of carbonyl (C=O) groups is 2. The molecule has 3 aliphatic rings. The van der Waals surface area contributed by atoms with Gasteiger partial charge in [-0.3, -0.25) is 14.6 Å². The van der Waals surface area contributed by atoms with Gasteiger partial charge in [-0.25, -0.2) is 0 Å². The zero-order chi connectivity index (χ0) is 26.2. The average Bonchev–Trinajstić information content (AvgIpc) is 2.82. The number of allylic oxidation sites excluding steroid dienone is 2. The quantitative estimate of drug-likeness (QED) is 0.311. The molecule has 1 heterocycles. The summed E-state index contributed by atoms with van der Waals surface area (Å²) in [6.45, 7) is 1.92. The molecule has 7 heteroatoms. The van der Waals surface area contributed by atoms with Crippen molar-refractivity contribution in [1.82, 2.24) is 0 Å². The molecule has 0 N–H and O–H groups in total. The van der Waals surface area contributed by atoms with Crippen molar-refractivity contribution in [2.24, 2.45) is 22.7 Å². The van der Waals surface area contributed by atoms with Gasteiger partial charge >= 0.3 is 12.1 Å². The maximum absolute atomic E-state index is 13.8. The Balaban J connectivity index is 1.28. The average molecular weight is 510 g/mol. The third kappa shape index (κ3) is 5.55. The largest absolute Gasteiger partial charge is 0.426 e. The second-order valence-electron chi connectivity index (χ2n) is 10.4. The second kappa shape index (κ2) is 10.3. The van der Waals surface area contributed by atoms with Crippen molar-refractivity contribution in [2.75, 3.05) is 0 Å². The second-order valence-corrected chi connectivity index (χ2v) is 10.4. The Labute approximate surface area is 214 Å². The molecule has 0 radical (unpaired) electrons. The number of hydrogen-bond donors (Lipinski definition) is 0. The normalized spacial score (nSPS) is 23.1. The molecular formula is C30H30F3NO3. The Morgan fingerprint density at radius 2 is 1.76 bits per heavy atom. The summed E-state index contributed by atoms with van der Waals surface area (Å²) in [7, 11) is 0. The number of nitrogens with zero attached hydrogens (tertiary/aromatic N) is 1. The zero-order valence-electron chi connectivity index (χ0n) is 20.8. The fraction of sp³-hybridized carbons (Fsp3) is 0.433. The van der Waals surface area contributed by atoms with Gasteiger partial charge in [0.05, 0.1) is 18.3 Å². The lowest BCUT2D eigenvalue weighted by molar-refractivity contribution is -0.139. The molecule has 2 aliphatic carbocycles. The summed E-state index contributed by atoms with van der Waals surface area (Å²) in [5.74, 6) is -0.247. The van der Waals surface area contributed by atoms with Crippen molar-refractivity contribution in [3.05, 3.63) is 77.0 Å². The van der Waals surface area contributed by atoms with Crippen LogP contribution in [0.5, 0.6) is 5.75 Å². The SMILES string of the molecule is CC1=NC2=C(CCC(C(=O)Oc3ccc(CC(F)(F)F)cc3)C2)C(=O)C1C(c1ccccc1)C1CCC1. The minimum absolute atomic E-state index is 0.107. The van der Waals surface area contributed by atoms with E-state index in [1.807, 2.05) is 25.1 Å². The van der Waals surface area contributed by atoms with Gasteiger partial charge in [-0.1, -0.05) is 48.9 Å². The summed E-state index contributed by atoms with van der Waals surface area (Å²) >= 11 is 0. The first-order chi connectivity index (χ1) is 17.7. The number of carbonyl (C=O) groups excluding carboxylic acids is 2. The minimum Gasteiger partial charge on any atom is -0.426 e. The molecule has 3 unspecified atom stereocenters. The number of hydrogen-bond acceptors (Lipinski definition) is 4. The number of benzene rings is 2. The smallest absolute Gasteiger partial charge is 0.393 e. The summed E-state index contributed by atoms with van der Waals surface area (Å²) in [6.07, 6.45) is -0.613. The number of aliphatic imine (C=N–C) groups is 1. The fourth-order valence-corrected chi connectivity index (χ4v) is 5.90. The van der Waals surface area contributed by atoms with Crippen LogP contribution in [-0.2, 0) is 16.0 Å². The van der Waals surface area contributed by atoms with Crippen LogP contribution >= 0.6 is 0 Å². The number of rotatable bonds is 6. The molecule has 2 aromatic carbocycles. The van der Waals surface area contributed by atoms with Crippen molar-refractivity contribution in [1.29, 1.82) is 0 Å². The highest BCUT2D eigenvalue weighted by Crippen LogP contribution is 2.47. The van der Waals surface area contributed by atoms with Crippen LogP contribution in [0, 0.1) is 17.8 Å². The topological polar surface area (TPSA) is 55.7 Å². The van der Waals surface area contributed by atoms with E-state index in [1.54, 1.807) is 0 Å². The van der Waals surface area contributed by atoms with Crippen LogP contribution in [-0.4, -0.2) is 23.6 Å². The molecule has 0 bridgehead atoms. The summed E-state index contributed by atoms with van der Waals surface area (Å²) < 4.78 is 43.2. The highest BCUT2D eigenvalue weighted by molar-refractivity contribution is 6.15. The molecule has 37 heavy (non-hydrogen) atoms. The van der Waals surface area contributed by atoms with Crippen molar-refractivity contribution in [3.63, 3.8) is 0 Å². The highest BCUT2D eigenvalue weighted by atomic mass is 19.4. The molecule has 1 aliphatic heterocycles. The van der Waals surface area contributed by atoms with E-state index in [2.05, 4.69) is 12.1 Å². The number of halogens is 3. The lowest BCUT2D eigenvalue weighted by atomic mass is 9.63. The van der Waals surface area contributed by atoms with E-state index >= 15 is 0 Å². The van der Waals surface area contributed by atoms with Gasteiger partial charge in [0, 0.05) is 29.3 Å². The van der Waals surface area contributed by atoms with E-state index in [0.29, 0.717) is 30.9 Å². The summed E-state index contributed by atoms with van der Waals surface area (Å²) in [4.78, 5) is 31.5. The van der Waals surface area contributed by atoms with Gasteiger partial charge in [0.1, 0.15) is 5.75 Å². The highest BCUT2D eigenvalue weighted by Gasteiger charge is 2.44. The van der Waals surface area contributed by atoms with Crippen LogP contribution in [0.25, 0.3) is 0 Å². The predicted molar refractivity (Wildman–Crippen MR) is 134 cm³/mol. The van der Waals surface area contributed by atoms with Crippen LogP contribution in [0.4, 0.5) is 13.2 Å². The third-order valence-electron chi connectivity index (χ3n) is 7.95. The van der Waals surface area contributed by atoms with Crippen LogP contribution in [0.2, 0.25) is 0 Å². The van der Waals surface area contributed by atoms with Gasteiger partial charge < -0.3 is 4.74 Å². The fourth-order valence-electron chi connectivity index (χ4n) is 5.90. The van der Waals surface area contributed by atoms with Crippen molar-refractivity contribution in [3.8, 4) is 5.75 Å². The third-order valence-corrected chi connectivity index (χ3v) is 7.95. The molecular weight excluding hydrogens is 479 g/mol. The lowest BCUT2D eigenvalue weighted by Crippen LogP contribution is -2.39. The molecule has 1 fully saturated rings. The van der Waals surface area contributed by atoms with E-state index in [4.69, 9.17) is 9.73 Å². The molecule has 4 nitrogen and oxygen atoms in total. The van der Waals surface area contributed by atoms with Gasteiger partial charge in [0.2, 0.25) is 0 Å². The molecule has 5 rings (SSSR count). The van der Waals surface area contributed by atoms with E-state index in [1.165, 1.54) is 36.2 Å². The van der Waals surface area contributed by atoms with Gasteiger partial charge in [-0.15, -0.1) is 0 Å². The maximum atomic E-state index is 13.8. The molecule has 0 saturated heterocycles. The molecule has 1 saturated carbocycles. The van der Waals surface area contributed by atoms with E-state index in [9.17, 15) is 22.8 Å². The number of ether oxygens (including phenoxy) is 1. The molecule has 0 amide bonds. The first-order valence-electron chi connectivity index (χ1n) is 12.9. The van der Waals surface area contributed by atoms with Crippen molar-refractivity contribution in [2.45, 2.75) is 64.0 Å². The first kappa shape index (κ1) is 25.4. The summed E-state index contributed by atoms with van der Waals surface area (Å²) in [5, 5.41) is 0. The first-order valence-corrected chi connectivity index (χ1v) is 12.9. The molecule has 194 valence electrons. The van der Waals surface area contributed by atoms with Crippen molar-refractivity contribution < 1.29 is 27.5 Å². The predicted octanol–water partition coefficient (Wildman–Crippen LogP) is 6.99. The summed E-state index contributed by atoms with van der Waals surface area (Å²) in [5.41, 5.74) is 3.50. The Morgan fingerprint density at radius 3 is 2.38 bits per heavy atom. The Bertz CT molecular complexity index is 1230. The Morgan fingerprint density at radius 1 is 1.05 bits per heavy atom. The number of esters is 1. The van der Waals surface area contributed by atoms with Crippen LogP contribution < -0.4 is 4.74 Å². The van der Waals surface area contributed by atoms with Gasteiger partial charge in [0.25, 0.3) is 0 Å². The van der Waals surface area contributed by atoms with Gasteiger partial charge in [0.15, 0.2) is 5.78 Å². The molecule has 0 spiro atoms. The van der Waals surface area contributed by atoms with E-state index < -0.39 is 24.5 Å². The number of Topliss-reactive ketones (excluding diaryl/α,β-unsaturated/α-hetero) is 1. The zero-order valence-corrected chi connectivity index (χ0v) is 20.8. The van der Waals surface area contributed by atoms with Crippen molar-refractivity contribution >= 4 is 17.5 Å². The molecule has 0 aromatic heterocycles. The van der Waals surface area contributed by atoms with E-state index in [-0.39, 0.29) is 28.9 Å². The number of ketones is 1. The van der Waals surface area contributed by atoms with Gasteiger partial charge in [-0.05, 0) is 61.8 Å². The standard InChI is InChI=1S/C30H30F3NO3/c1-18-26(27(21-8-5-9-21)20-6-3-2-4-7-20)28(35)24-15-12-22(16-25(24)34-18)29(36)37-23-13-10-19(11-14-23)17-30(31,32)33/h2-4,6-7,10-11,13-14,21-22,26-27H,5,8-9,12,15-17H2,1H3. The minimum atomic E-state index is -4.29. The molecule has 3 atom stereocenters. The summed E-state index contributed by atoms with van der Waals surface area (Å²) in [6, 6.07) is 15.6.